The summed E-state index contributed by atoms with van der Waals surface area (Å²) in [6.45, 7) is 2.06. The molecule has 7 nitrogen and oxygen atoms in total. The Kier molecular flexibility index (Phi) is 6.61. The lowest BCUT2D eigenvalue weighted by atomic mass is 9.99. The molecular formula is C22H25N3O4. The molecule has 152 valence electrons. The van der Waals surface area contributed by atoms with Gasteiger partial charge in [0.15, 0.2) is 0 Å². The second-order valence-corrected chi connectivity index (χ2v) is 6.99. The summed E-state index contributed by atoms with van der Waals surface area (Å²) >= 11 is 0. The van der Waals surface area contributed by atoms with Gasteiger partial charge in [0.1, 0.15) is 13.7 Å². The highest BCUT2D eigenvalue weighted by Crippen LogP contribution is 2.25. The summed E-state index contributed by atoms with van der Waals surface area (Å²) in [4.78, 5) is 31.0. The molecule has 0 aliphatic carbocycles. The topological polar surface area (TPSA) is 91.2 Å². The van der Waals surface area contributed by atoms with Gasteiger partial charge in [-0.05, 0) is 35.7 Å². The quantitative estimate of drug-likeness (QED) is 0.732. The molecule has 2 N–H and O–H groups in total. The Labute approximate surface area is 170 Å². The molecule has 1 heterocycles. The van der Waals surface area contributed by atoms with Crippen LogP contribution in [0.25, 0.3) is 11.1 Å². The first-order valence-corrected chi connectivity index (χ1v) is 9.47. The molecule has 0 spiro atoms. The zero-order valence-electron chi connectivity index (χ0n) is 16.6. The molecular weight excluding hydrogens is 370 g/mol. The van der Waals surface area contributed by atoms with Crippen molar-refractivity contribution in [1.82, 2.24) is 10.2 Å². The van der Waals surface area contributed by atoms with Crippen LogP contribution in [-0.4, -0.2) is 60.4 Å². The predicted molar refractivity (Wildman–Crippen MR) is 111 cm³/mol. The number of nitrogens with zero attached hydrogens (tertiary/aromatic N) is 2. The molecule has 2 aromatic rings. The van der Waals surface area contributed by atoms with E-state index in [2.05, 4.69) is 29.5 Å². The lowest BCUT2D eigenvalue weighted by Gasteiger charge is -2.24. The highest BCUT2D eigenvalue weighted by atomic mass is 16.6. The summed E-state index contributed by atoms with van der Waals surface area (Å²) in [6, 6.07) is 15.4. The molecule has 1 fully saturated rings. The number of oxime groups is 1. The number of aliphatic hydroxyl groups is 1. The molecule has 2 aromatic carbocycles. The predicted octanol–water partition coefficient (Wildman–Crippen LogP) is 1.99. The van der Waals surface area contributed by atoms with E-state index in [0.29, 0.717) is 18.5 Å². The maximum Gasteiger partial charge on any atom is 0.254 e. The maximum atomic E-state index is 13.1. The monoisotopic (exact) mass is 395 g/mol. The summed E-state index contributed by atoms with van der Waals surface area (Å²) in [6.07, 6.45) is 0.507. The Morgan fingerprint density at radius 1 is 1.21 bits per heavy atom. The summed E-state index contributed by atoms with van der Waals surface area (Å²) in [5, 5.41) is 15.5. The van der Waals surface area contributed by atoms with Crippen molar-refractivity contribution in [2.45, 2.75) is 19.4 Å². The molecule has 29 heavy (non-hydrogen) atoms. The van der Waals surface area contributed by atoms with E-state index in [1.807, 2.05) is 36.4 Å². The summed E-state index contributed by atoms with van der Waals surface area (Å²) in [5.41, 5.74) is 4.66. The standard InChI is InChI=1S/C22H25N3O4/c1-15-5-3-4-6-20(15)16-7-9-17(10-8-16)22(28)25-13-18(24-29-2)11-19(25)12-23-21(27)14-26/h3-10,19,26H,11-14H2,1-2H3,(H,23,27)/b24-18-. The van der Waals surface area contributed by atoms with E-state index in [0.717, 1.165) is 16.8 Å². The number of aryl methyl sites for hydroxylation is 1. The SMILES string of the molecule is CO/N=C1/CC(CNC(=O)CO)N(C(=O)c2ccc(-c3ccccc3C)cc2)C1. The second-order valence-electron chi connectivity index (χ2n) is 6.99. The van der Waals surface area contributed by atoms with Gasteiger partial charge < -0.3 is 20.2 Å². The van der Waals surface area contributed by atoms with Crippen molar-refractivity contribution >= 4 is 17.5 Å². The number of amides is 2. The zero-order chi connectivity index (χ0) is 20.8. The van der Waals surface area contributed by atoms with Crippen LogP contribution >= 0.6 is 0 Å². The number of rotatable bonds is 6. The van der Waals surface area contributed by atoms with Gasteiger partial charge in [-0.15, -0.1) is 0 Å². The van der Waals surface area contributed by atoms with Gasteiger partial charge in [-0.1, -0.05) is 41.6 Å². The lowest BCUT2D eigenvalue weighted by molar-refractivity contribution is -0.124. The van der Waals surface area contributed by atoms with Gasteiger partial charge in [-0.3, -0.25) is 9.59 Å². The van der Waals surface area contributed by atoms with Gasteiger partial charge in [0.25, 0.3) is 5.91 Å². The first kappa shape index (κ1) is 20.5. The molecule has 7 heteroatoms. The fourth-order valence-corrected chi connectivity index (χ4v) is 3.53. The van der Waals surface area contributed by atoms with Gasteiger partial charge >= 0.3 is 0 Å². The van der Waals surface area contributed by atoms with Gasteiger partial charge in [-0.2, -0.15) is 0 Å². The molecule has 1 saturated heterocycles. The summed E-state index contributed by atoms with van der Waals surface area (Å²) in [5.74, 6) is -0.608. The molecule has 0 bridgehead atoms. The van der Waals surface area contributed by atoms with E-state index >= 15 is 0 Å². The number of likely N-dealkylation sites (tertiary alicyclic amines) is 1. The molecule has 0 radical (unpaired) electrons. The fraction of sp³-hybridized carbons (Fsp3) is 0.318. The van der Waals surface area contributed by atoms with Crippen molar-refractivity contribution in [2.24, 2.45) is 5.16 Å². The van der Waals surface area contributed by atoms with Crippen LogP contribution in [0.3, 0.4) is 0 Å². The molecule has 1 unspecified atom stereocenters. The highest BCUT2D eigenvalue weighted by Gasteiger charge is 2.34. The number of carbonyl (C=O) groups is 2. The Morgan fingerprint density at radius 2 is 1.93 bits per heavy atom. The minimum Gasteiger partial charge on any atom is -0.399 e. The van der Waals surface area contributed by atoms with Gasteiger partial charge in [-0.25, -0.2) is 0 Å². The smallest absolute Gasteiger partial charge is 0.254 e. The molecule has 0 aromatic heterocycles. The number of hydrogen-bond donors (Lipinski definition) is 2. The summed E-state index contributed by atoms with van der Waals surface area (Å²) in [7, 11) is 1.46. The van der Waals surface area contributed by atoms with E-state index < -0.39 is 12.5 Å². The lowest BCUT2D eigenvalue weighted by Crippen LogP contribution is -2.43. The van der Waals surface area contributed by atoms with E-state index in [1.165, 1.54) is 12.7 Å². The van der Waals surface area contributed by atoms with Gasteiger partial charge in [0, 0.05) is 18.5 Å². The van der Waals surface area contributed by atoms with Crippen molar-refractivity contribution in [1.29, 1.82) is 0 Å². The number of nitrogens with one attached hydrogen (secondary N) is 1. The average molecular weight is 395 g/mol. The van der Waals surface area contributed by atoms with Crippen LogP contribution in [0.15, 0.2) is 53.7 Å². The van der Waals surface area contributed by atoms with Crippen molar-refractivity contribution in [2.75, 3.05) is 26.8 Å². The number of aliphatic hydroxyl groups excluding tert-OH is 1. The first-order valence-electron chi connectivity index (χ1n) is 9.47. The van der Waals surface area contributed by atoms with Crippen molar-refractivity contribution in [3.63, 3.8) is 0 Å². The summed E-state index contributed by atoms with van der Waals surface area (Å²) < 4.78 is 0. The third kappa shape index (κ3) is 4.81. The molecule has 1 atom stereocenters. The Balaban J connectivity index is 1.78. The van der Waals surface area contributed by atoms with E-state index in [9.17, 15) is 9.59 Å². The molecule has 0 saturated carbocycles. The minimum absolute atomic E-state index is 0.133. The Morgan fingerprint density at radius 3 is 2.59 bits per heavy atom. The van der Waals surface area contributed by atoms with Crippen molar-refractivity contribution < 1.29 is 19.5 Å². The van der Waals surface area contributed by atoms with Crippen LogP contribution in [-0.2, 0) is 9.63 Å². The molecule has 2 amide bonds. The van der Waals surface area contributed by atoms with E-state index in [-0.39, 0.29) is 18.5 Å². The fourth-order valence-electron chi connectivity index (χ4n) is 3.53. The maximum absolute atomic E-state index is 13.1. The second kappa shape index (κ2) is 9.34. The molecule has 1 aliphatic heterocycles. The number of hydrogen-bond acceptors (Lipinski definition) is 5. The Bertz CT molecular complexity index is 909. The van der Waals surface area contributed by atoms with Crippen LogP contribution < -0.4 is 5.32 Å². The largest absolute Gasteiger partial charge is 0.399 e. The van der Waals surface area contributed by atoms with Crippen molar-refractivity contribution in [3.05, 3.63) is 59.7 Å². The van der Waals surface area contributed by atoms with E-state index in [1.54, 1.807) is 4.90 Å². The van der Waals surface area contributed by atoms with Gasteiger partial charge in [0.2, 0.25) is 5.91 Å². The minimum atomic E-state index is -0.583. The zero-order valence-corrected chi connectivity index (χ0v) is 16.6. The van der Waals surface area contributed by atoms with Gasteiger partial charge in [0.05, 0.1) is 18.3 Å². The van der Waals surface area contributed by atoms with Crippen LogP contribution in [0.1, 0.15) is 22.3 Å². The number of benzene rings is 2. The Hall–Kier alpha value is -3.19. The third-order valence-electron chi connectivity index (χ3n) is 5.01. The van der Waals surface area contributed by atoms with Crippen LogP contribution in [0.5, 0.6) is 0 Å². The first-order chi connectivity index (χ1) is 14.0. The normalized spacial score (nSPS) is 17.4. The number of carbonyl (C=O) groups excluding carboxylic acids is 2. The van der Waals surface area contributed by atoms with Crippen LogP contribution in [0.2, 0.25) is 0 Å². The molecule has 3 rings (SSSR count). The van der Waals surface area contributed by atoms with Crippen LogP contribution in [0.4, 0.5) is 0 Å². The molecule has 1 aliphatic rings. The third-order valence-corrected chi connectivity index (χ3v) is 5.01. The average Bonchev–Trinajstić information content (AvgIpc) is 3.15. The highest BCUT2D eigenvalue weighted by molar-refractivity contribution is 6.00. The van der Waals surface area contributed by atoms with Crippen LogP contribution in [0, 0.1) is 6.92 Å². The van der Waals surface area contributed by atoms with E-state index in [4.69, 9.17) is 9.94 Å². The van der Waals surface area contributed by atoms with Crippen molar-refractivity contribution in [3.8, 4) is 11.1 Å².